The first-order valence-electron chi connectivity index (χ1n) is 25.0. The molecule has 74 heavy (non-hydrogen) atoms. The lowest BCUT2D eigenvalue weighted by Gasteiger charge is -2.26. The third kappa shape index (κ3) is 10.5. The van der Waals surface area contributed by atoms with Gasteiger partial charge in [0.05, 0.1) is 11.4 Å². The molecule has 7 nitrogen and oxygen atoms in total. The van der Waals surface area contributed by atoms with Crippen molar-refractivity contribution in [2.75, 3.05) is 9.80 Å². The molecule has 1 aromatic heterocycles. The highest BCUT2D eigenvalue weighted by molar-refractivity contribution is 5.83. The molecule has 0 N–H and O–H groups in total. The highest BCUT2D eigenvalue weighted by Gasteiger charge is 2.21. The van der Waals surface area contributed by atoms with Crippen LogP contribution < -0.4 is 28.7 Å². The minimum absolute atomic E-state index is 0.765. The summed E-state index contributed by atoms with van der Waals surface area (Å²) >= 11 is 0. The van der Waals surface area contributed by atoms with Crippen molar-refractivity contribution in [1.82, 2.24) is 4.57 Å². The molecule has 0 fully saturated rings. The standard InChI is InChI=1S/C67H55N3O4/c1-48-49(2)67(51-26-30-53(31-27-51)70(56-36-44-64(45-37-56)73-60-20-12-6-13-21-60)57-38-46-65(47-39-57)74-61-22-14-7-15-23-61)68(3)66(48)50-24-28-52(29-25-50)69(54-32-40-62(41-33-54)71-58-16-8-4-9-17-58)55-34-42-63(43-35-55)72-59-18-10-5-11-19-59/h4-6,8-14,16-47H,7,15H2,1-3H3. The summed E-state index contributed by atoms with van der Waals surface area (Å²) in [7, 11) is 2.17. The van der Waals surface area contributed by atoms with E-state index in [0.717, 1.165) is 104 Å². The number of rotatable bonds is 16. The van der Waals surface area contributed by atoms with Gasteiger partial charge < -0.3 is 33.3 Å². The molecule has 0 saturated carbocycles. The zero-order valence-corrected chi connectivity index (χ0v) is 41.6. The maximum Gasteiger partial charge on any atom is 0.127 e. The van der Waals surface area contributed by atoms with Crippen LogP contribution in [-0.2, 0) is 7.05 Å². The van der Waals surface area contributed by atoms with Crippen molar-refractivity contribution in [3.63, 3.8) is 0 Å². The molecule has 1 aliphatic carbocycles. The number of benzene rings is 9. The first-order valence-corrected chi connectivity index (χ1v) is 25.0. The second kappa shape index (κ2) is 21.5. The Bertz CT molecular complexity index is 3430. The van der Waals surface area contributed by atoms with E-state index in [-0.39, 0.29) is 0 Å². The molecule has 362 valence electrons. The summed E-state index contributed by atoms with van der Waals surface area (Å²) in [6.45, 7) is 4.45. The predicted octanol–water partition coefficient (Wildman–Crippen LogP) is 18.9. The SMILES string of the molecule is Cc1c(C)c(-c2ccc(N(c3ccc(Oc4ccccc4)cc3)c3ccc(Oc4ccccc4)cc3)cc2)n(C)c1-c1ccc(N(c2ccc(OC3=CCCC=C3)cc2)c2ccc(Oc3ccccc3)cc2)cc1. The van der Waals surface area contributed by atoms with E-state index >= 15 is 0 Å². The Labute approximate surface area is 433 Å². The van der Waals surface area contributed by atoms with Crippen LogP contribution in [0.4, 0.5) is 34.1 Å². The molecule has 0 amide bonds. The highest BCUT2D eigenvalue weighted by Crippen LogP contribution is 2.42. The molecule has 9 aromatic carbocycles. The molecule has 0 spiro atoms. The maximum absolute atomic E-state index is 6.22. The Kier molecular flexibility index (Phi) is 13.6. The number of hydrogen-bond acceptors (Lipinski definition) is 6. The van der Waals surface area contributed by atoms with Crippen molar-refractivity contribution < 1.29 is 18.9 Å². The van der Waals surface area contributed by atoms with E-state index in [1.165, 1.54) is 22.5 Å². The van der Waals surface area contributed by atoms with Crippen molar-refractivity contribution >= 4 is 34.1 Å². The van der Waals surface area contributed by atoms with Gasteiger partial charge in [0, 0.05) is 41.2 Å². The van der Waals surface area contributed by atoms with E-state index in [2.05, 4.69) is 144 Å². The van der Waals surface area contributed by atoms with Crippen molar-refractivity contribution in [3.05, 3.63) is 272 Å². The molecule has 7 heteroatoms. The van der Waals surface area contributed by atoms with Crippen molar-refractivity contribution in [2.24, 2.45) is 7.05 Å². The van der Waals surface area contributed by atoms with Crippen LogP contribution in [0.15, 0.2) is 261 Å². The Balaban J connectivity index is 0.881. The second-order valence-electron chi connectivity index (χ2n) is 18.2. The molecule has 0 radical (unpaired) electrons. The maximum atomic E-state index is 6.22. The predicted molar refractivity (Wildman–Crippen MR) is 302 cm³/mol. The van der Waals surface area contributed by atoms with Gasteiger partial charge in [0.15, 0.2) is 0 Å². The molecule has 1 heterocycles. The van der Waals surface area contributed by atoms with Crippen LogP contribution in [0.25, 0.3) is 22.5 Å². The van der Waals surface area contributed by atoms with E-state index < -0.39 is 0 Å². The molecule has 1 aliphatic rings. The van der Waals surface area contributed by atoms with E-state index in [0.29, 0.717) is 0 Å². The summed E-state index contributed by atoms with van der Waals surface area (Å²) in [4.78, 5) is 4.52. The van der Waals surface area contributed by atoms with Crippen molar-refractivity contribution in [1.29, 1.82) is 0 Å². The second-order valence-corrected chi connectivity index (χ2v) is 18.2. The van der Waals surface area contributed by atoms with Gasteiger partial charge in [0.2, 0.25) is 0 Å². The van der Waals surface area contributed by atoms with Crippen LogP contribution in [0.3, 0.4) is 0 Å². The molecule has 0 saturated heterocycles. The topological polar surface area (TPSA) is 48.3 Å². The monoisotopic (exact) mass is 965 g/mol. The van der Waals surface area contributed by atoms with Crippen molar-refractivity contribution in [3.8, 4) is 62.8 Å². The lowest BCUT2D eigenvalue weighted by molar-refractivity contribution is 0.439. The van der Waals surface area contributed by atoms with Crippen LogP contribution >= 0.6 is 0 Å². The minimum Gasteiger partial charge on any atom is -0.458 e. The lowest BCUT2D eigenvalue weighted by atomic mass is 10.0. The molecule has 0 bridgehead atoms. The summed E-state index contributed by atoms with van der Waals surface area (Å²) < 4.78 is 27.1. The van der Waals surface area contributed by atoms with E-state index in [4.69, 9.17) is 18.9 Å². The van der Waals surface area contributed by atoms with Gasteiger partial charge >= 0.3 is 0 Å². The summed E-state index contributed by atoms with van der Waals surface area (Å²) in [6.07, 6.45) is 8.36. The average Bonchev–Trinajstić information content (AvgIpc) is 3.67. The van der Waals surface area contributed by atoms with E-state index in [1.54, 1.807) is 0 Å². The van der Waals surface area contributed by atoms with Gasteiger partial charge in [0.25, 0.3) is 0 Å². The number of hydrogen-bond donors (Lipinski definition) is 0. The Hall–Kier alpha value is -9.46. The van der Waals surface area contributed by atoms with Crippen LogP contribution in [0.2, 0.25) is 0 Å². The normalized spacial score (nSPS) is 11.9. The van der Waals surface area contributed by atoms with Gasteiger partial charge in [-0.25, -0.2) is 0 Å². The van der Waals surface area contributed by atoms with E-state index in [1.807, 2.05) is 146 Å². The number of anilines is 6. The fourth-order valence-electron chi connectivity index (χ4n) is 9.55. The summed E-state index contributed by atoms with van der Waals surface area (Å²) in [5.41, 5.74) is 13.1. The average molecular weight is 966 g/mol. The quantitative estimate of drug-likeness (QED) is 0.0962. The lowest BCUT2D eigenvalue weighted by Crippen LogP contribution is -2.10. The number of nitrogens with zero attached hydrogens (tertiary/aromatic N) is 3. The molecule has 0 unspecified atom stereocenters. The fourth-order valence-corrected chi connectivity index (χ4v) is 9.55. The molecule has 0 atom stereocenters. The van der Waals surface area contributed by atoms with Gasteiger partial charge in [-0.2, -0.15) is 0 Å². The van der Waals surface area contributed by atoms with Crippen LogP contribution in [0, 0.1) is 13.8 Å². The molecule has 0 aliphatic heterocycles. The summed E-state index contributed by atoms with van der Waals surface area (Å²) in [6, 6.07) is 80.3. The van der Waals surface area contributed by atoms with Gasteiger partial charge in [-0.1, -0.05) is 84.9 Å². The number of allylic oxidation sites excluding steroid dienone is 3. The molecule has 11 rings (SSSR count). The number of ether oxygens (including phenoxy) is 4. The number of aromatic nitrogens is 1. The number of para-hydroxylation sites is 3. The highest BCUT2D eigenvalue weighted by atomic mass is 16.5. The minimum atomic E-state index is 0.765. The molecule has 10 aromatic rings. The zero-order chi connectivity index (χ0) is 50.2. The smallest absolute Gasteiger partial charge is 0.127 e. The third-order valence-electron chi connectivity index (χ3n) is 13.3. The van der Waals surface area contributed by atoms with Crippen molar-refractivity contribution in [2.45, 2.75) is 26.7 Å². The molecular weight excluding hydrogens is 911 g/mol. The Morgan fingerprint density at radius 1 is 0.324 bits per heavy atom. The first kappa shape index (κ1) is 46.9. The Morgan fingerprint density at radius 2 is 0.608 bits per heavy atom. The van der Waals surface area contributed by atoms with Gasteiger partial charge in [-0.3, -0.25) is 0 Å². The largest absolute Gasteiger partial charge is 0.458 e. The van der Waals surface area contributed by atoms with E-state index in [9.17, 15) is 0 Å². The summed E-state index contributed by atoms with van der Waals surface area (Å²) in [5.74, 6) is 6.36. The molecular formula is C67H55N3O4. The van der Waals surface area contributed by atoms with Crippen LogP contribution in [-0.4, -0.2) is 4.57 Å². The Morgan fingerprint density at radius 3 is 0.905 bits per heavy atom. The van der Waals surface area contributed by atoms with Crippen LogP contribution in [0.5, 0.6) is 40.2 Å². The zero-order valence-electron chi connectivity index (χ0n) is 41.6. The fraction of sp³-hybridized carbons (Fsp3) is 0.0746. The third-order valence-corrected chi connectivity index (χ3v) is 13.3. The van der Waals surface area contributed by atoms with Gasteiger partial charge in [-0.05, 0) is 219 Å². The first-order chi connectivity index (χ1) is 36.4. The van der Waals surface area contributed by atoms with Crippen LogP contribution in [0.1, 0.15) is 24.0 Å². The van der Waals surface area contributed by atoms with Gasteiger partial charge in [-0.15, -0.1) is 0 Å². The summed E-state index contributed by atoms with van der Waals surface area (Å²) in [5, 5.41) is 0. The van der Waals surface area contributed by atoms with Gasteiger partial charge in [0.1, 0.15) is 46.0 Å².